The lowest BCUT2D eigenvalue weighted by atomic mass is 10.1. The van der Waals surface area contributed by atoms with Crippen molar-refractivity contribution in [2.75, 3.05) is 6.79 Å². The Bertz CT molecular complexity index is 1010. The highest BCUT2D eigenvalue weighted by Crippen LogP contribution is 2.32. The molecule has 0 N–H and O–H groups in total. The Labute approximate surface area is 147 Å². The van der Waals surface area contributed by atoms with Crippen molar-refractivity contribution in [3.63, 3.8) is 0 Å². The summed E-state index contributed by atoms with van der Waals surface area (Å²) in [5.41, 5.74) is 3.83. The summed E-state index contributed by atoms with van der Waals surface area (Å²) in [6.45, 7) is 0.275. The second kappa shape index (κ2) is 6.87. The second-order valence-electron chi connectivity index (χ2n) is 5.51. The molecule has 1 aliphatic heterocycles. The van der Waals surface area contributed by atoms with E-state index in [1.165, 1.54) is 0 Å². The molecule has 25 heavy (non-hydrogen) atoms. The average Bonchev–Trinajstić information content (AvgIpc) is 3.14. The van der Waals surface area contributed by atoms with Crippen LogP contribution in [-0.2, 0) is 0 Å². The van der Waals surface area contributed by atoms with Gasteiger partial charge in [-0.25, -0.2) is 0 Å². The fourth-order valence-corrected chi connectivity index (χ4v) is 2.42. The van der Waals surface area contributed by atoms with E-state index in [1.807, 2.05) is 72.8 Å². The smallest absolute Gasteiger partial charge is 0.231 e. The van der Waals surface area contributed by atoms with Crippen molar-refractivity contribution in [3.8, 4) is 35.2 Å². The molecule has 0 aliphatic carbocycles. The Hall–Kier alpha value is -3.62. The third-order valence-electron chi connectivity index (χ3n) is 3.73. The summed E-state index contributed by atoms with van der Waals surface area (Å²) < 4.78 is 10.7. The first kappa shape index (κ1) is 14.9. The summed E-state index contributed by atoms with van der Waals surface area (Å²) in [6, 6.07) is 23.6. The minimum atomic E-state index is 0.275. The van der Waals surface area contributed by atoms with Crippen LogP contribution in [0.3, 0.4) is 0 Å². The predicted octanol–water partition coefficient (Wildman–Crippen LogP) is 4.21. The molecule has 0 bridgehead atoms. The fraction of sp³-hybridized carbons (Fsp3) is 0.0435. The van der Waals surface area contributed by atoms with Gasteiger partial charge in [-0.15, -0.1) is 0 Å². The number of hydrogen-bond acceptors (Lipinski definition) is 2. The van der Waals surface area contributed by atoms with E-state index >= 15 is 0 Å². The molecule has 0 atom stereocenters. The van der Waals surface area contributed by atoms with Crippen LogP contribution in [-0.4, -0.2) is 6.79 Å². The van der Waals surface area contributed by atoms with E-state index < -0.39 is 0 Å². The minimum absolute atomic E-state index is 0.275. The van der Waals surface area contributed by atoms with E-state index in [4.69, 9.17) is 9.47 Å². The maximum absolute atomic E-state index is 5.37. The van der Waals surface area contributed by atoms with E-state index in [0.717, 1.165) is 33.8 Å². The van der Waals surface area contributed by atoms with Crippen molar-refractivity contribution >= 4 is 0 Å². The van der Waals surface area contributed by atoms with Crippen LogP contribution >= 0.6 is 0 Å². The molecule has 2 heteroatoms. The summed E-state index contributed by atoms with van der Waals surface area (Å²) in [4.78, 5) is 0. The quantitative estimate of drug-likeness (QED) is 0.577. The third-order valence-corrected chi connectivity index (χ3v) is 3.73. The maximum Gasteiger partial charge on any atom is 0.231 e. The first-order chi connectivity index (χ1) is 12.4. The van der Waals surface area contributed by atoms with E-state index in [2.05, 4.69) is 23.7 Å². The third kappa shape index (κ3) is 3.66. The van der Waals surface area contributed by atoms with Gasteiger partial charge in [0, 0.05) is 22.3 Å². The van der Waals surface area contributed by atoms with Crippen LogP contribution in [0.4, 0.5) is 0 Å². The summed E-state index contributed by atoms with van der Waals surface area (Å²) >= 11 is 0. The average molecular weight is 322 g/mol. The van der Waals surface area contributed by atoms with Gasteiger partial charge in [0.05, 0.1) is 0 Å². The molecule has 0 radical (unpaired) electrons. The van der Waals surface area contributed by atoms with Crippen LogP contribution in [0.5, 0.6) is 11.5 Å². The Kier molecular flexibility index (Phi) is 4.11. The zero-order valence-corrected chi connectivity index (χ0v) is 13.5. The molecule has 3 aromatic carbocycles. The predicted molar refractivity (Wildman–Crippen MR) is 97.4 cm³/mol. The van der Waals surface area contributed by atoms with Gasteiger partial charge in [-0.05, 0) is 54.6 Å². The Morgan fingerprint density at radius 1 is 0.520 bits per heavy atom. The molecule has 3 aromatic rings. The standard InChI is InChI=1S/C23H14O2/c1-2-4-18(5-3-1)6-7-19-8-10-20(11-9-19)12-13-21-14-15-22-23(16-21)25-17-24-22/h1-5,8-11,14-16H,17H2. The molecule has 0 unspecified atom stereocenters. The van der Waals surface area contributed by atoms with Gasteiger partial charge in [0.25, 0.3) is 0 Å². The lowest BCUT2D eigenvalue weighted by Crippen LogP contribution is -1.92. The largest absolute Gasteiger partial charge is 0.454 e. The molecular formula is C23H14O2. The van der Waals surface area contributed by atoms with Crippen LogP contribution in [0.1, 0.15) is 22.3 Å². The van der Waals surface area contributed by atoms with Crippen LogP contribution in [0, 0.1) is 23.7 Å². The number of fused-ring (bicyclic) bond motifs is 1. The molecule has 2 nitrogen and oxygen atoms in total. The fourth-order valence-electron chi connectivity index (χ4n) is 2.42. The summed E-state index contributed by atoms with van der Waals surface area (Å²) in [5, 5.41) is 0. The van der Waals surface area contributed by atoms with Crippen molar-refractivity contribution < 1.29 is 9.47 Å². The maximum atomic E-state index is 5.37. The molecule has 1 aliphatic rings. The first-order valence-corrected chi connectivity index (χ1v) is 7.96. The Balaban J connectivity index is 1.49. The summed E-state index contributed by atoms with van der Waals surface area (Å²) in [6.07, 6.45) is 0. The van der Waals surface area contributed by atoms with Gasteiger partial charge < -0.3 is 9.47 Å². The molecule has 0 saturated carbocycles. The lowest BCUT2D eigenvalue weighted by Gasteiger charge is -1.96. The zero-order valence-electron chi connectivity index (χ0n) is 13.5. The molecular weight excluding hydrogens is 308 g/mol. The first-order valence-electron chi connectivity index (χ1n) is 7.96. The number of benzene rings is 3. The van der Waals surface area contributed by atoms with Gasteiger partial charge in [-0.1, -0.05) is 41.9 Å². The number of ether oxygens (including phenoxy) is 2. The second-order valence-corrected chi connectivity index (χ2v) is 5.51. The highest BCUT2D eigenvalue weighted by molar-refractivity contribution is 5.52. The van der Waals surface area contributed by atoms with Crippen LogP contribution in [0.15, 0.2) is 72.8 Å². The van der Waals surface area contributed by atoms with Gasteiger partial charge in [0.15, 0.2) is 11.5 Å². The zero-order chi connectivity index (χ0) is 16.9. The van der Waals surface area contributed by atoms with Crippen LogP contribution in [0.2, 0.25) is 0 Å². The van der Waals surface area contributed by atoms with Gasteiger partial charge in [-0.2, -0.15) is 0 Å². The van der Waals surface area contributed by atoms with Crippen LogP contribution < -0.4 is 9.47 Å². The summed E-state index contributed by atoms with van der Waals surface area (Å²) in [5.74, 6) is 14.1. The van der Waals surface area contributed by atoms with E-state index in [0.29, 0.717) is 0 Å². The van der Waals surface area contributed by atoms with Gasteiger partial charge in [-0.3, -0.25) is 0 Å². The SMILES string of the molecule is C(#Cc1ccc(C#Cc2ccc3c(c2)OCO3)cc1)c1ccccc1. The Morgan fingerprint density at radius 3 is 1.72 bits per heavy atom. The molecule has 0 aromatic heterocycles. The highest BCUT2D eigenvalue weighted by Gasteiger charge is 2.12. The van der Waals surface area contributed by atoms with Crippen molar-refractivity contribution in [3.05, 3.63) is 95.1 Å². The molecule has 4 rings (SSSR count). The molecule has 0 fully saturated rings. The molecule has 0 saturated heterocycles. The van der Waals surface area contributed by atoms with Crippen molar-refractivity contribution in [1.29, 1.82) is 0 Å². The lowest BCUT2D eigenvalue weighted by molar-refractivity contribution is 0.174. The van der Waals surface area contributed by atoms with E-state index in [9.17, 15) is 0 Å². The normalized spacial score (nSPS) is 11.0. The van der Waals surface area contributed by atoms with Crippen LogP contribution in [0.25, 0.3) is 0 Å². The van der Waals surface area contributed by atoms with E-state index in [-0.39, 0.29) is 6.79 Å². The van der Waals surface area contributed by atoms with Gasteiger partial charge in [0.1, 0.15) is 0 Å². The topological polar surface area (TPSA) is 18.5 Å². The number of hydrogen-bond donors (Lipinski definition) is 0. The van der Waals surface area contributed by atoms with Gasteiger partial charge >= 0.3 is 0 Å². The minimum Gasteiger partial charge on any atom is -0.454 e. The van der Waals surface area contributed by atoms with Crippen molar-refractivity contribution in [1.82, 2.24) is 0 Å². The molecule has 0 amide bonds. The molecule has 1 heterocycles. The number of rotatable bonds is 0. The van der Waals surface area contributed by atoms with Crippen molar-refractivity contribution in [2.45, 2.75) is 0 Å². The van der Waals surface area contributed by atoms with E-state index in [1.54, 1.807) is 0 Å². The summed E-state index contributed by atoms with van der Waals surface area (Å²) in [7, 11) is 0. The molecule has 118 valence electrons. The van der Waals surface area contributed by atoms with Crippen molar-refractivity contribution in [2.24, 2.45) is 0 Å². The van der Waals surface area contributed by atoms with Gasteiger partial charge in [0.2, 0.25) is 6.79 Å². The molecule has 0 spiro atoms. The highest BCUT2D eigenvalue weighted by atomic mass is 16.7. The Morgan fingerprint density at radius 2 is 1.04 bits per heavy atom. The monoisotopic (exact) mass is 322 g/mol.